The van der Waals surface area contributed by atoms with Gasteiger partial charge in [0.05, 0.1) is 6.54 Å². The molecule has 2 amide bonds. The maximum Gasteiger partial charge on any atom is 0.234 e. The average Bonchev–Trinajstić information content (AvgIpc) is 3.01. The summed E-state index contributed by atoms with van der Waals surface area (Å²) in [7, 11) is 0. The molecule has 2 aliphatic rings. The van der Waals surface area contributed by atoms with E-state index in [4.69, 9.17) is 0 Å². The molecule has 0 atom stereocenters. The molecule has 0 unspecified atom stereocenters. The summed E-state index contributed by atoms with van der Waals surface area (Å²) in [6, 6.07) is 0. The Kier molecular flexibility index (Phi) is 5.84. The van der Waals surface area contributed by atoms with E-state index in [1.165, 1.54) is 0 Å². The minimum Gasteiger partial charge on any atom is -0.350 e. The first-order chi connectivity index (χ1) is 10.4. The predicted octanol–water partition coefficient (Wildman–Crippen LogP) is 1.63. The molecule has 0 aromatic rings. The second kappa shape index (κ2) is 7.44. The van der Waals surface area contributed by atoms with Gasteiger partial charge < -0.3 is 10.2 Å². The van der Waals surface area contributed by atoms with Gasteiger partial charge in [0.1, 0.15) is 0 Å². The van der Waals surface area contributed by atoms with Gasteiger partial charge in [-0.3, -0.25) is 14.5 Å². The minimum atomic E-state index is -0.138. The zero-order chi connectivity index (χ0) is 16.2. The lowest BCUT2D eigenvalue weighted by molar-refractivity contribution is -0.136. The highest BCUT2D eigenvalue weighted by molar-refractivity contribution is 5.80. The molecule has 0 saturated carbocycles. The number of amides is 2. The van der Waals surface area contributed by atoms with Gasteiger partial charge in [-0.05, 0) is 59.0 Å². The molecule has 2 saturated heterocycles. The first kappa shape index (κ1) is 17.3. The van der Waals surface area contributed by atoms with Crippen molar-refractivity contribution < 1.29 is 9.59 Å². The molecule has 2 heterocycles. The van der Waals surface area contributed by atoms with E-state index in [-0.39, 0.29) is 17.4 Å². The lowest BCUT2D eigenvalue weighted by Crippen LogP contribution is -2.49. The summed E-state index contributed by atoms with van der Waals surface area (Å²) in [5.74, 6) is 0.606. The number of nitrogens with zero attached hydrogens (tertiary/aromatic N) is 2. The van der Waals surface area contributed by atoms with Gasteiger partial charge in [-0.2, -0.15) is 0 Å². The van der Waals surface area contributed by atoms with Gasteiger partial charge >= 0.3 is 0 Å². The van der Waals surface area contributed by atoms with Gasteiger partial charge in [-0.25, -0.2) is 0 Å². The second-order valence-corrected chi connectivity index (χ2v) is 7.37. The number of hydrogen-bond donors (Lipinski definition) is 1. The zero-order valence-corrected chi connectivity index (χ0v) is 14.4. The fourth-order valence-corrected chi connectivity index (χ4v) is 3.24. The fraction of sp³-hybridized carbons (Fsp3) is 0.882. The number of likely N-dealkylation sites (tertiary alicyclic amines) is 2. The second-order valence-electron chi connectivity index (χ2n) is 7.37. The maximum atomic E-state index is 12.4. The molecule has 0 radical (unpaired) electrons. The van der Waals surface area contributed by atoms with Crippen LogP contribution in [0.2, 0.25) is 0 Å². The highest BCUT2D eigenvalue weighted by atomic mass is 16.2. The number of carbonyl (C=O) groups excluding carboxylic acids is 2. The van der Waals surface area contributed by atoms with Gasteiger partial charge in [0.2, 0.25) is 11.8 Å². The van der Waals surface area contributed by atoms with Crippen molar-refractivity contribution >= 4 is 11.8 Å². The van der Waals surface area contributed by atoms with Gasteiger partial charge in [-0.1, -0.05) is 6.92 Å². The molecular formula is C17H31N3O2. The van der Waals surface area contributed by atoms with Crippen LogP contribution in [-0.2, 0) is 9.59 Å². The summed E-state index contributed by atoms with van der Waals surface area (Å²) < 4.78 is 0. The Balaban J connectivity index is 1.72. The average molecular weight is 309 g/mol. The number of piperidine rings is 1. The monoisotopic (exact) mass is 309 g/mol. The van der Waals surface area contributed by atoms with E-state index in [1.54, 1.807) is 0 Å². The van der Waals surface area contributed by atoms with Crippen LogP contribution in [0.4, 0.5) is 0 Å². The van der Waals surface area contributed by atoms with E-state index in [0.29, 0.717) is 12.5 Å². The minimum absolute atomic E-state index is 0.0937. The zero-order valence-electron chi connectivity index (χ0n) is 14.4. The van der Waals surface area contributed by atoms with E-state index in [9.17, 15) is 9.59 Å². The van der Waals surface area contributed by atoms with Crippen molar-refractivity contribution in [3.63, 3.8) is 0 Å². The molecule has 5 nitrogen and oxygen atoms in total. The van der Waals surface area contributed by atoms with E-state index in [1.807, 2.05) is 18.7 Å². The summed E-state index contributed by atoms with van der Waals surface area (Å²) in [5.41, 5.74) is -0.138. The van der Waals surface area contributed by atoms with Crippen molar-refractivity contribution in [3.05, 3.63) is 0 Å². The quantitative estimate of drug-likeness (QED) is 0.840. The summed E-state index contributed by atoms with van der Waals surface area (Å²) in [5, 5.41) is 3.08. The third-order valence-corrected chi connectivity index (χ3v) is 5.08. The Morgan fingerprint density at radius 1 is 1.09 bits per heavy atom. The Labute approximate surface area is 134 Å². The Morgan fingerprint density at radius 2 is 1.68 bits per heavy atom. The molecule has 0 spiro atoms. The van der Waals surface area contributed by atoms with Crippen LogP contribution in [0.3, 0.4) is 0 Å². The van der Waals surface area contributed by atoms with Crippen molar-refractivity contribution in [2.45, 2.75) is 58.4 Å². The Morgan fingerprint density at radius 3 is 2.23 bits per heavy atom. The van der Waals surface area contributed by atoms with Gasteiger partial charge in [0.15, 0.2) is 0 Å². The van der Waals surface area contributed by atoms with Gasteiger partial charge in [0.25, 0.3) is 0 Å². The van der Waals surface area contributed by atoms with Crippen LogP contribution < -0.4 is 5.32 Å². The number of nitrogens with one attached hydrogen (secondary N) is 1. The molecule has 2 fully saturated rings. The Hall–Kier alpha value is -1.10. The first-order valence-corrected chi connectivity index (χ1v) is 8.73. The summed E-state index contributed by atoms with van der Waals surface area (Å²) in [6.45, 7) is 10.2. The fourth-order valence-electron chi connectivity index (χ4n) is 3.24. The molecule has 5 heteroatoms. The molecular weight excluding hydrogens is 278 g/mol. The molecule has 2 aliphatic heterocycles. The number of carbonyl (C=O) groups is 2. The first-order valence-electron chi connectivity index (χ1n) is 8.73. The molecule has 22 heavy (non-hydrogen) atoms. The lowest BCUT2D eigenvalue weighted by Gasteiger charge is -2.33. The highest BCUT2D eigenvalue weighted by Gasteiger charge is 2.30. The number of rotatable bonds is 5. The van der Waals surface area contributed by atoms with Crippen LogP contribution in [0.5, 0.6) is 0 Å². The molecule has 0 aromatic heterocycles. The largest absolute Gasteiger partial charge is 0.350 e. The molecule has 126 valence electrons. The molecule has 2 rings (SSSR count). The van der Waals surface area contributed by atoms with Crippen molar-refractivity contribution in [2.75, 3.05) is 32.7 Å². The lowest BCUT2D eigenvalue weighted by atomic mass is 9.95. The van der Waals surface area contributed by atoms with Crippen LogP contribution in [0.15, 0.2) is 0 Å². The summed E-state index contributed by atoms with van der Waals surface area (Å²) in [4.78, 5) is 28.7. The third-order valence-electron chi connectivity index (χ3n) is 5.08. The van der Waals surface area contributed by atoms with Gasteiger partial charge in [0, 0.05) is 24.5 Å². The van der Waals surface area contributed by atoms with E-state index in [2.05, 4.69) is 17.1 Å². The highest BCUT2D eigenvalue weighted by Crippen LogP contribution is 2.22. The Bertz CT molecular complexity index is 395. The smallest absolute Gasteiger partial charge is 0.234 e. The van der Waals surface area contributed by atoms with Crippen molar-refractivity contribution in [3.8, 4) is 0 Å². The molecule has 0 bridgehead atoms. The predicted molar refractivity (Wildman–Crippen MR) is 87.5 cm³/mol. The number of hydrogen-bond acceptors (Lipinski definition) is 3. The van der Waals surface area contributed by atoms with Crippen LogP contribution in [-0.4, -0.2) is 59.9 Å². The van der Waals surface area contributed by atoms with Crippen molar-refractivity contribution in [1.82, 2.24) is 15.1 Å². The van der Waals surface area contributed by atoms with Crippen LogP contribution in [0, 0.1) is 5.92 Å². The van der Waals surface area contributed by atoms with Crippen molar-refractivity contribution in [1.29, 1.82) is 0 Å². The topological polar surface area (TPSA) is 52.7 Å². The molecule has 1 N–H and O–H groups in total. The summed E-state index contributed by atoms with van der Waals surface area (Å²) >= 11 is 0. The third kappa shape index (κ3) is 4.70. The molecule has 0 aliphatic carbocycles. The molecule has 0 aromatic carbocycles. The normalized spacial score (nSPS) is 21.1. The van der Waals surface area contributed by atoms with E-state index < -0.39 is 0 Å². The standard InChI is InChI=1S/C17H31N3O2/c1-4-17(2,3)18-15(21)13-19-11-7-14(8-12-19)16(22)20-9-5-6-10-20/h14H,4-13H2,1-3H3,(H,18,21). The van der Waals surface area contributed by atoms with E-state index in [0.717, 1.165) is 58.3 Å². The summed E-state index contributed by atoms with van der Waals surface area (Å²) in [6.07, 6.45) is 5.00. The van der Waals surface area contributed by atoms with E-state index >= 15 is 0 Å². The SMILES string of the molecule is CCC(C)(C)NC(=O)CN1CCC(C(=O)N2CCCC2)CC1. The van der Waals surface area contributed by atoms with Crippen LogP contribution >= 0.6 is 0 Å². The van der Waals surface area contributed by atoms with Crippen LogP contribution in [0.25, 0.3) is 0 Å². The van der Waals surface area contributed by atoms with Crippen LogP contribution in [0.1, 0.15) is 52.9 Å². The maximum absolute atomic E-state index is 12.4. The van der Waals surface area contributed by atoms with Crippen molar-refractivity contribution in [2.24, 2.45) is 5.92 Å². The van der Waals surface area contributed by atoms with Gasteiger partial charge in [-0.15, -0.1) is 0 Å².